The molecule has 0 unspecified atom stereocenters. The lowest BCUT2D eigenvalue weighted by Crippen LogP contribution is -2.43. The number of carbonyl (C=O) groups is 3. The Bertz CT molecular complexity index is 884. The van der Waals surface area contributed by atoms with Crippen LogP contribution in [0.2, 0.25) is 0 Å². The first-order valence-electron chi connectivity index (χ1n) is 9.73. The Morgan fingerprint density at radius 3 is 2.17 bits per heavy atom. The zero-order valence-corrected chi connectivity index (χ0v) is 16.3. The number of aliphatic hydroxyl groups excluding tert-OH is 1. The predicted octanol–water partition coefficient (Wildman–Crippen LogP) is 1.87. The van der Waals surface area contributed by atoms with Crippen molar-refractivity contribution in [3.05, 3.63) is 59.7 Å². The standard InChI is InChI=1S/C22H24N2O6/c25-12-19(21(27)28)24-20(26)10-5-11-23-22(29)30-13-18-16-8-3-1-6-14(16)15-7-2-4-9-17(15)18/h1-4,6-9,18-19,25H,5,10-13H2,(H,23,29)(H,24,26)(H,27,28)/t19-/m0/s1. The fourth-order valence-corrected chi connectivity index (χ4v) is 3.54. The molecule has 0 bridgehead atoms. The molecule has 2 amide bonds. The number of aliphatic hydroxyl groups is 1. The largest absolute Gasteiger partial charge is 0.480 e. The molecule has 0 aliphatic heterocycles. The van der Waals surface area contributed by atoms with E-state index in [1.165, 1.54) is 0 Å². The predicted molar refractivity (Wildman–Crippen MR) is 109 cm³/mol. The first kappa shape index (κ1) is 21.3. The molecule has 3 rings (SSSR count). The molecule has 8 heteroatoms. The number of rotatable bonds is 9. The van der Waals surface area contributed by atoms with Gasteiger partial charge in [0, 0.05) is 18.9 Å². The summed E-state index contributed by atoms with van der Waals surface area (Å²) in [6.45, 7) is -0.267. The van der Waals surface area contributed by atoms with E-state index in [0.29, 0.717) is 6.42 Å². The Morgan fingerprint density at radius 1 is 1.00 bits per heavy atom. The monoisotopic (exact) mass is 412 g/mol. The lowest BCUT2D eigenvalue weighted by atomic mass is 9.98. The number of hydrogen-bond acceptors (Lipinski definition) is 5. The summed E-state index contributed by atoms with van der Waals surface area (Å²) in [5.74, 6) is -1.84. The summed E-state index contributed by atoms with van der Waals surface area (Å²) < 4.78 is 5.40. The molecule has 1 aliphatic carbocycles. The van der Waals surface area contributed by atoms with Gasteiger partial charge in [-0.3, -0.25) is 4.79 Å². The average molecular weight is 412 g/mol. The van der Waals surface area contributed by atoms with E-state index in [1.54, 1.807) is 0 Å². The Hall–Kier alpha value is -3.39. The van der Waals surface area contributed by atoms with Crippen molar-refractivity contribution in [1.82, 2.24) is 10.6 Å². The highest BCUT2D eigenvalue weighted by molar-refractivity contribution is 5.83. The second-order valence-corrected chi connectivity index (χ2v) is 7.00. The van der Waals surface area contributed by atoms with E-state index in [-0.39, 0.29) is 25.5 Å². The highest BCUT2D eigenvalue weighted by atomic mass is 16.5. The summed E-state index contributed by atoms with van der Waals surface area (Å²) in [7, 11) is 0. The van der Waals surface area contributed by atoms with Gasteiger partial charge in [0.15, 0.2) is 0 Å². The second kappa shape index (κ2) is 9.89. The van der Waals surface area contributed by atoms with Crippen LogP contribution in [-0.2, 0) is 14.3 Å². The average Bonchev–Trinajstić information content (AvgIpc) is 3.07. The number of amides is 2. The van der Waals surface area contributed by atoms with Crippen LogP contribution in [0.4, 0.5) is 4.79 Å². The van der Waals surface area contributed by atoms with Crippen molar-refractivity contribution in [2.24, 2.45) is 0 Å². The Morgan fingerprint density at radius 2 is 1.60 bits per heavy atom. The number of alkyl carbamates (subject to hydrolysis) is 1. The van der Waals surface area contributed by atoms with Crippen molar-refractivity contribution >= 4 is 18.0 Å². The van der Waals surface area contributed by atoms with Crippen LogP contribution in [0.5, 0.6) is 0 Å². The van der Waals surface area contributed by atoms with Gasteiger partial charge >= 0.3 is 12.1 Å². The van der Waals surface area contributed by atoms with Crippen LogP contribution in [0, 0.1) is 0 Å². The van der Waals surface area contributed by atoms with Gasteiger partial charge in [0.2, 0.25) is 5.91 Å². The van der Waals surface area contributed by atoms with Crippen LogP contribution in [0.25, 0.3) is 11.1 Å². The first-order valence-corrected chi connectivity index (χ1v) is 9.73. The maximum Gasteiger partial charge on any atom is 0.407 e. The number of nitrogens with one attached hydrogen (secondary N) is 2. The maximum absolute atomic E-state index is 12.0. The fraction of sp³-hybridized carbons (Fsp3) is 0.318. The van der Waals surface area contributed by atoms with Crippen LogP contribution in [-0.4, -0.2) is 54.0 Å². The first-order chi connectivity index (χ1) is 14.5. The van der Waals surface area contributed by atoms with Crippen molar-refractivity contribution < 1.29 is 29.3 Å². The molecule has 1 aliphatic rings. The zero-order valence-electron chi connectivity index (χ0n) is 16.3. The van der Waals surface area contributed by atoms with Crippen molar-refractivity contribution in [3.8, 4) is 11.1 Å². The van der Waals surface area contributed by atoms with Gasteiger partial charge in [-0.2, -0.15) is 0 Å². The van der Waals surface area contributed by atoms with Gasteiger partial charge in [0.05, 0.1) is 6.61 Å². The smallest absolute Gasteiger partial charge is 0.407 e. The molecule has 0 aromatic heterocycles. The molecule has 0 fully saturated rings. The molecule has 0 saturated heterocycles. The van der Waals surface area contributed by atoms with Crippen LogP contribution < -0.4 is 10.6 Å². The molecule has 30 heavy (non-hydrogen) atoms. The van der Waals surface area contributed by atoms with Crippen molar-refractivity contribution in [2.45, 2.75) is 24.8 Å². The summed E-state index contributed by atoms with van der Waals surface area (Å²) >= 11 is 0. The maximum atomic E-state index is 12.0. The normalized spacial score (nSPS) is 13.1. The minimum atomic E-state index is -1.33. The molecule has 1 atom stereocenters. The molecule has 0 heterocycles. The minimum absolute atomic E-state index is 0.0213. The van der Waals surface area contributed by atoms with Crippen LogP contribution in [0.3, 0.4) is 0 Å². The molecule has 0 saturated carbocycles. The van der Waals surface area contributed by atoms with Gasteiger partial charge in [0.1, 0.15) is 12.6 Å². The van der Waals surface area contributed by atoms with Crippen molar-refractivity contribution in [3.63, 3.8) is 0 Å². The number of hydrogen-bond donors (Lipinski definition) is 4. The Kier molecular flexibility index (Phi) is 7.03. The highest BCUT2D eigenvalue weighted by Crippen LogP contribution is 2.44. The van der Waals surface area contributed by atoms with E-state index in [2.05, 4.69) is 22.8 Å². The number of aliphatic carboxylic acids is 1. The number of fused-ring (bicyclic) bond motifs is 3. The summed E-state index contributed by atoms with van der Waals surface area (Å²) in [4.78, 5) is 34.5. The Labute approximate surface area is 173 Å². The van der Waals surface area contributed by atoms with E-state index in [9.17, 15) is 14.4 Å². The van der Waals surface area contributed by atoms with Crippen molar-refractivity contribution in [2.75, 3.05) is 19.8 Å². The topological polar surface area (TPSA) is 125 Å². The number of ether oxygens (including phenoxy) is 1. The molecular weight excluding hydrogens is 388 g/mol. The number of carboxylic acid groups (broad SMARTS) is 1. The number of carboxylic acids is 1. The molecule has 8 nitrogen and oxygen atoms in total. The van der Waals surface area contributed by atoms with Gasteiger partial charge in [-0.05, 0) is 28.7 Å². The summed E-state index contributed by atoms with van der Waals surface area (Å²) in [6.07, 6.45) is -0.239. The van der Waals surface area contributed by atoms with Gasteiger partial charge in [-0.25, -0.2) is 9.59 Å². The summed E-state index contributed by atoms with van der Waals surface area (Å²) in [5.41, 5.74) is 4.55. The lowest BCUT2D eigenvalue weighted by molar-refractivity contribution is -0.142. The fourth-order valence-electron chi connectivity index (χ4n) is 3.54. The van der Waals surface area contributed by atoms with Crippen LogP contribution in [0.15, 0.2) is 48.5 Å². The van der Waals surface area contributed by atoms with Gasteiger partial charge in [0.25, 0.3) is 0 Å². The summed E-state index contributed by atoms with van der Waals surface area (Å²) in [5, 5.41) is 22.5. The molecule has 4 N–H and O–H groups in total. The van der Waals surface area contributed by atoms with Crippen LogP contribution in [0.1, 0.15) is 29.9 Å². The third-order valence-electron chi connectivity index (χ3n) is 5.01. The van der Waals surface area contributed by atoms with Gasteiger partial charge in [-0.15, -0.1) is 0 Å². The van der Waals surface area contributed by atoms with E-state index >= 15 is 0 Å². The van der Waals surface area contributed by atoms with E-state index in [4.69, 9.17) is 14.9 Å². The number of benzene rings is 2. The van der Waals surface area contributed by atoms with Crippen molar-refractivity contribution in [1.29, 1.82) is 0 Å². The molecule has 0 spiro atoms. The molecule has 158 valence electrons. The third kappa shape index (κ3) is 4.96. The van der Waals surface area contributed by atoms with Crippen LogP contribution >= 0.6 is 0 Å². The molecule has 0 radical (unpaired) electrons. The molecule has 2 aromatic carbocycles. The second-order valence-electron chi connectivity index (χ2n) is 7.00. The van der Waals surface area contributed by atoms with Gasteiger partial charge in [-0.1, -0.05) is 48.5 Å². The zero-order chi connectivity index (χ0) is 21.5. The van der Waals surface area contributed by atoms with Gasteiger partial charge < -0.3 is 25.6 Å². The minimum Gasteiger partial charge on any atom is -0.480 e. The Balaban J connectivity index is 1.44. The highest BCUT2D eigenvalue weighted by Gasteiger charge is 2.28. The van der Waals surface area contributed by atoms with E-state index in [1.807, 2.05) is 36.4 Å². The van der Waals surface area contributed by atoms with E-state index in [0.717, 1.165) is 22.3 Å². The third-order valence-corrected chi connectivity index (χ3v) is 5.01. The quantitative estimate of drug-likeness (QED) is 0.466. The van der Waals surface area contributed by atoms with E-state index < -0.39 is 30.6 Å². The number of carbonyl (C=O) groups excluding carboxylic acids is 2. The lowest BCUT2D eigenvalue weighted by Gasteiger charge is -2.14. The SMILES string of the molecule is O=C(CCCNC(=O)OCC1c2ccccc2-c2ccccc21)N[C@@H](CO)C(=O)O. The summed E-state index contributed by atoms with van der Waals surface area (Å²) in [6, 6.07) is 14.8. The molecule has 2 aromatic rings. The molecular formula is C22H24N2O6.